The highest BCUT2D eigenvalue weighted by Crippen LogP contribution is 2.18. The fourth-order valence-electron chi connectivity index (χ4n) is 2.06. The number of amides is 2. The van der Waals surface area contributed by atoms with Crippen LogP contribution in [0.2, 0.25) is 0 Å². The zero-order valence-electron chi connectivity index (χ0n) is 12.0. The first kappa shape index (κ1) is 16.2. The van der Waals surface area contributed by atoms with E-state index >= 15 is 0 Å². The van der Waals surface area contributed by atoms with Crippen LogP contribution in [0.25, 0.3) is 0 Å². The number of carbonyl (C=O) groups is 2. The maximum absolute atomic E-state index is 13.0. The van der Waals surface area contributed by atoms with Crippen LogP contribution in [0.5, 0.6) is 0 Å². The Labute approximate surface area is 132 Å². The lowest BCUT2D eigenvalue weighted by molar-refractivity contribution is -0.119. The minimum absolute atomic E-state index is 0.0715. The number of nitrogens with two attached hydrogens (primary N) is 1. The molecule has 116 valence electrons. The Hall–Kier alpha value is -2.21. The van der Waals surface area contributed by atoms with Crippen LogP contribution in [0.15, 0.2) is 41.8 Å². The van der Waals surface area contributed by atoms with Crippen LogP contribution in [-0.4, -0.2) is 18.4 Å². The quantitative estimate of drug-likeness (QED) is 0.852. The molecule has 1 aromatic carbocycles. The minimum atomic E-state index is -0.474. The molecule has 6 heteroatoms. The van der Waals surface area contributed by atoms with Gasteiger partial charge in [0.25, 0.3) is 0 Å². The number of benzene rings is 1. The standard InChI is InChI=1S/C16H17FN2O2S/c17-12-3-5-13(6-4-12)19(10-9-15(18)20)16(21)8-7-14-2-1-11-22-14/h1-6,11H,7-10H2,(H2,18,20). The van der Waals surface area contributed by atoms with Crippen molar-refractivity contribution in [3.63, 3.8) is 0 Å². The molecule has 0 fully saturated rings. The maximum atomic E-state index is 13.0. The van der Waals surface area contributed by atoms with E-state index in [4.69, 9.17) is 5.73 Å². The van der Waals surface area contributed by atoms with Gasteiger partial charge in [-0.1, -0.05) is 6.07 Å². The molecule has 0 aliphatic rings. The lowest BCUT2D eigenvalue weighted by Crippen LogP contribution is -2.34. The van der Waals surface area contributed by atoms with E-state index in [1.165, 1.54) is 29.2 Å². The van der Waals surface area contributed by atoms with E-state index in [1.807, 2.05) is 17.5 Å². The van der Waals surface area contributed by atoms with Gasteiger partial charge >= 0.3 is 0 Å². The first-order chi connectivity index (χ1) is 10.6. The number of hydrogen-bond donors (Lipinski definition) is 1. The molecule has 0 radical (unpaired) electrons. The summed E-state index contributed by atoms with van der Waals surface area (Å²) in [6.07, 6.45) is 1.05. The molecule has 22 heavy (non-hydrogen) atoms. The third-order valence-electron chi connectivity index (χ3n) is 3.19. The summed E-state index contributed by atoms with van der Waals surface area (Å²) in [4.78, 5) is 26.0. The molecule has 2 rings (SSSR count). The molecule has 0 saturated carbocycles. The zero-order chi connectivity index (χ0) is 15.9. The fourth-order valence-corrected chi connectivity index (χ4v) is 2.77. The van der Waals surface area contributed by atoms with Gasteiger partial charge in [-0.25, -0.2) is 4.39 Å². The molecule has 0 aliphatic carbocycles. The molecule has 2 aromatic rings. The molecule has 0 bridgehead atoms. The molecule has 2 amide bonds. The minimum Gasteiger partial charge on any atom is -0.370 e. The Morgan fingerprint density at radius 3 is 2.45 bits per heavy atom. The van der Waals surface area contributed by atoms with Crippen LogP contribution in [-0.2, 0) is 16.0 Å². The van der Waals surface area contributed by atoms with Gasteiger partial charge in [-0.15, -0.1) is 11.3 Å². The molecule has 2 N–H and O–H groups in total. The van der Waals surface area contributed by atoms with Crippen molar-refractivity contribution in [2.45, 2.75) is 19.3 Å². The lowest BCUT2D eigenvalue weighted by atomic mass is 10.2. The summed E-state index contributed by atoms with van der Waals surface area (Å²) in [5, 5.41) is 1.96. The third-order valence-corrected chi connectivity index (χ3v) is 4.12. The highest BCUT2D eigenvalue weighted by atomic mass is 32.1. The predicted molar refractivity (Wildman–Crippen MR) is 85.2 cm³/mol. The van der Waals surface area contributed by atoms with E-state index in [2.05, 4.69) is 0 Å². The zero-order valence-corrected chi connectivity index (χ0v) is 12.8. The topological polar surface area (TPSA) is 63.4 Å². The number of primary amides is 1. The van der Waals surface area contributed by atoms with E-state index in [0.29, 0.717) is 18.5 Å². The van der Waals surface area contributed by atoms with Gasteiger partial charge in [-0.2, -0.15) is 0 Å². The number of rotatable bonds is 7. The summed E-state index contributed by atoms with van der Waals surface area (Å²) >= 11 is 1.60. The SMILES string of the molecule is NC(=O)CCN(C(=O)CCc1cccs1)c1ccc(F)cc1. The van der Waals surface area contributed by atoms with Crippen molar-refractivity contribution in [3.8, 4) is 0 Å². The Morgan fingerprint density at radius 2 is 1.86 bits per heavy atom. The van der Waals surface area contributed by atoms with Crippen LogP contribution in [0.3, 0.4) is 0 Å². The Morgan fingerprint density at radius 1 is 1.14 bits per heavy atom. The van der Waals surface area contributed by atoms with Gasteiger partial charge in [0, 0.05) is 30.0 Å². The van der Waals surface area contributed by atoms with E-state index in [0.717, 1.165) is 4.88 Å². The van der Waals surface area contributed by atoms with Gasteiger partial charge in [-0.05, 0) is 42.1 Å². The fraction of sp³-hybridized carbons (Fsp3) is 0.250. The van der Waals surface area contributed by atoms with Gasteiger partial charge in [0.05, 0.1) is 0 Å². The summed E-state index contributed by atoms with van der Waals surface area (Å²) < 4.78 is 13.0. The summed E-state index contributed by atoms with van der Waals surface area (Å²) in [5.74, 6) is -0.955. The van der Waals surface area contributed by atoms with Gasteiger partial charge in [-0.3, -0.25) is 9.59 Å². The second kappa shape index (κ2) is 7.70. The van der Waals surface area contributed by atoms with Crippen LogP contribution >= 0.6 is 11.3 Å². The monoisotopic (exact) mass is 320 g/mol. The van der Waals surface area contributed by atoms with E-state index < -0.39 is 5.91 Å². The van der Waals surface area contributed by atoms with Crippen molar-refractivity contribution in [3.05, 3.63) is 52.5 Å². The second-order valence-corrected chi connectivity index (χ2v) is 5.85. The number of halogens is 1. The maximum Gasteiger partial charge on any atom is 0.227 e. The molecule has 0 saturated heterocycles. The lowest BCUT2D eigenvalue weighted by Gasteiger charge is -2.22. The number of carbonyl (C=O) groups excluding carboxylic acids is 2. The van der Waals surface area contributed by atoms with Crippen molar-refractivity contribution >= 4 is 28.8 Å². The highest BCUT2D eigenvalue weighted by Gasteiger charge is 2.16. The average molecular weight is 320 g/mol. The van der Waals surface area contributed by atoms with E-state index in [-0.39, 0.29) is 24.7 Å². The number of thiophene rings is 1. The summed E-state index contributed by atoms with van der Waals surface area (Å²) in [7, 11) is 0. The van der Waals surface area contributed by atoms with Gasteiger partial charge in [0.1, 0.15) is 5.82 Å². The number of aryl methyl sites for hydroxylation is 1. The third kappa shape index (κ3) is 4.66. The van der Waals surface area contributed by atoms with Crippen molar-refractivity contribution in [1.29, 1.82) is 0 Å². The molecular formula is C16H17FN2O2S. The molecule has 1 heterocycles. The van der Waals surface area contributed by atoms with Crippen molar-refractivity contribution in [1.82, 2.24) is 0 Å². The first-order valence-corrected chi connectivity index (χ1v) is 7.81. The summed E-state index contributed by atoms with van der Waals surface area (Å²) in [6, 6.07) is 9.55. The van der Waals surface area contributed by atoms with Crippen LogP contribution in [0.4, 0.5) is 10.1 Å². The van der Waals surface area contributed by atoms with Gasteiger partial charge < -0.3 is 10.6 Å². The predicted octanol–water partition coefficient (Wildman–Crippen LogP) is 2.73. The van der Waals surface area contributed by atoms with Gasteiger partial charge in [0.15, 0.2) is 0 Å². The van der Waals surface area contributed by atoms with Crippen LogP contribution in [0.1, 0.15) is 17.7 Å². The van der Waals surface area contributed by atoms with Crippen LogP contribution in [0, 0.1) is 5.82 Å². The smallest absolute Gasteiger partial charge is 0.227 e. The molecule has 4 nitrogen and oxygen atoms in total. The van der Waals surface area contributed by atoms with Crippen LogP contribution < -0.4 is 10.6 Å². The molecule has 0 atom stereocenters. The largest absolute Gasteiger partial charge is 0.370 e. The molecule has 0 aliphatic heterocycles. The molecular weight excluding hydrogens is 303 g/mol. The molecule has 0 spiro atoms. The Balaban J connectivity index is 2.06. The van der Waals surface area contributed by atoms with Crippen molar-refractivity contribution in [2.75, 3.05) is 11.4 Å². The number of hydrogen-bond acceptors (Lipinski definition) is 3. The number of anilines is 1. The number of nitrogens with zero attached hydrogens (tertiary/aromatic N) is 1. The van der Waals surface area contributed by atoms with E-state index in [9.17, 15) is 14.0 Å². The second-order valence-electron chi connectivity index (χ2n) is 4.82. The van der Waals surface area contributed by atoms with Crippen molar-refractivity contribution in [2.24, 2.45) is 5.73 Å². The Bertz CT molecular complexity index is 626. The van der Waals surface area contributed by atoms with Gasteiger partial charge in [0.2, 0.25) is 11.8 Å². The average Bonchev–Trinajstić information content (AvgIpc) is 3.00. The summed E-state index contributed by atoms with van der Waals surface area (Å²) in [5.41, 5.74) is 5.73. The molecule has 1 aromatic heterocycles. The van der Waals surface area contributed by atoms with Crippen molar-refractivity contribution < 1.29 is 14.0 Å². The molecule has 0 unspecified atom stereocenters. The highest BCUT2D eigenvalue weighted by molar-refractivity contribution is 7.09. The summed E-state index contributed by atoms with van der Waals surface area (Å²) in [6.45, 7) is 0.199. The first-order valence-electron chi connectivity index (χ1n) is 6.93. The van der Waals surface area contributed by atoms with E-state index in [1.54, 1.807) is 11.3 Å². The normalized spacial score (nSPS) is 10.4. The Kier molecular flexibility index (Phi) is 5.66.